The van der Waals surface area contributed by atoms with Crippen LogP contribution in [0.1, 0.15) is 15.4 Å². The average Bonchev–Trinajstić information content (AvgIpc) is 3.07. The SMILES string of the molecule is Cc1csc(NC(=O)c2sccc2-n2cccc2)n1. The Bertz CT molecular complexity index is 697. The predicted molar refractivity (Wildman–Crippen MR) is 78.5 cm³/mol. The van der Waals surface area contributed by atoms with Crippen LogP contribution in [0.2, 0.25) is 0 Å². The molecule has 0 spiro atoms. The first-order chi connectivity index (χ1) is 9.24. The highest BCUT2D eigenvalue weighted by molar-refractivity contribution is 7.14. The Balaban J connectivity index is 1.87. The van der Waals surface area contributed by atoms with Crippen molar-refractivity contribution in [2.75, 3.05) is 5.32 Å². The van der Waals surface area contributed by atoms with Crippen LogP contribution < -0.4 is 5.32 Å². The topological polar surface area (TPSA) is 46.9 Å². The van der Waals surface area contributed by atoms with E-state index in [2.05, 4.69) is 10.3 Å². The van der Waals surface area contributed by atoms with E-state index in [1.54, 1.807) is 0 Å². The molecule has 3 heterocycles. The van der Waals surface area contributed by atoms with Gasteiger partial charge in [0.2, 0.25) is 0 Å². The zero-order valence-electron chi connectivity index (χ0n) is 10.2. The number of rotatable bonds is 3. The van der Waals surface area contributed by atoms with Gasteiger partial charge in [0.05, 0.1) is 11.4 Å². The zero-order valence-corrected chi connectivity index (χ0v) is 11.8. The van der Waals surface area contributed by atoms with Crippen molar-refractivity contribution in [2.24, 2.45) is 0 Å². The molecule has 0 bridgehead atoms. The largest absolute Gasteiger partial charge is 0.322 e. The Morgan fingerprint density at radius 3 is 2.79 bits per heavy atom. The van der Waals surface area contributed by atoms with Crippen LogP contribution in [-0.4, -0.2) is 15.5 Å². The number of carbonyl (C=O) groups is 1. The molecule has 0 saturated heterocycles. The molecule has 0 aromatic carbocycles. The summed E-state index contributed by atoms with van der Waals surface area (Å²) in [5, 5.41) is 7.29. The summed E-state index contributed by atoms with van der Waals surface area (Å²) < 4.78 is 1.93. The predicted octanol–water partition coefficient (Wildman–Crippen LogP) is 3.56. The lowest BCUT2D eigenvalue weighted by atomic mass is 10.3. The Morgan fingerprint density at radius 2 is 2.11 bits per heavy atom. The van der Waals surface area contributed by atoms with Crippen LogP contribution in [0.3, 0.4) is 0 Å². The van der Waals surface area contributed by atoms with Crippen LogP contribution in [0.4, 0.5) is 5.13 Å². The van der Waals surface area contributed by atoms with Crippen LogP contribution in [0, 0.1) is 6.92 Å². The molecule has 0 aliphatic rings. The number of carbonyl (C=O) groups excluding carboxylic acids is 1. The zero-order chi connectivity index (χ0) is 13.2. The lowest BCUT2D eigenvalue weighted by molar-refractivity contribution is 0.103. The van der Waals surface area contributed by atoms with E-state index in [-0.39, 0.29) is 5.91 Å². The summed E-state index contributed by atoms with van der Waals surface area (Å²) in [6, 6.07) is 5.81. The highest BCUT2D eigenvalue weighted by atomic mass is 32.1. The molecule has 3 rings (SSSR count). The smallest absolute Gasteiger partial charge is 0.269 e. The first-order valence-electron chi connectivity index (χ1n) is 5.68. The van der Waals surface area contributed by atoms with Crippen LogP contribution >= 0.6 is 22.7 Å². The molecular weight excluding hydrogens is 278 g/mol. The fourth-order valence-corrected chi connectivity index (χ4v) is 3.20. The Kier molecular flexibility index (Phi) is 3.18. The van der Waals surface area contributed by atoms with E-state index in [9.17, 15) is 4.79 Å². The van der Waals surface area contributed by atoms with Gasteiger partial charge in [-0.15, -0.1) is 22.7 Å². The lowest BCUT2D eigenvalue weighted by Crippen LogP contribution is -2.12. The standard InChI is InChI=1S/C13H11N3OS2/c1-9-8-19-13(14-9)15-12(17)11-10(4-7-18-11)16-5-2-3-6-16/h2-8H,1H3,(H,14,15,17). The number of nitrogens with zero attached hydrogens (tertiary/aromatic N) is 2. The summed E-state index contributed by atoms with van der Waals surface area (Å²) in [6.07, 6.45) is 3.85. The van der Waals surface area contributed by atoms with E-state index in [0.29, 0.717) is 10.0 Å². The second kappa shape index (κ2) is 4.99. The Morgan fingerprint density at radius 1 is 1.32 bits per heavy atom. The van der Waals surface area contributed by atoms with Crippen LogP contribution in [-0.2, 0) is 0 Å². The van der Waals surface area contributed by atoms with Crippen molar-refractivity contribution >= 4 is 33.7 Å². The van der Waals surface area contributed by atoms with E-state index in [4.69, 9.17) is 0 Å². The van der Waals surface area contributed by atoms with Crippen LogP contribution in [0.5, 0.6) is 0 Å². The second-order valence-electron chi connectivity index (χ2n) is 3.97. The van der Waals surface area contributed by atoms with Gasteiger partial charge < -0.3 is 4.57 Å². The van der Waals surface area contributed by atoms with Gasteiger partial charge in [0.1, 0.15) is 4.88 Å². The second-order valence-corrected chi connectivity index (χ2v) is 5.75. The Labute approximate surface area is 118 Å². The third-order valence-electron chi connectivity index (χ3n) is 2.57. The molecule has 19 heavy (non-hydrogen) atoms. The summed E-state index contributed by atoms with van der Waals surface area (Å²) in [4.78, 5) is 17.2. The Hall–Kier alpha value is -1.92. The van der Waals surface area contributed by atoms with Crippen molar-refractivity contribution in [3.63, 3.8) is 0 Å². The van der Waals surface area contributed by atoms with Crippen molar-refractivity contribution < 1.29 is 4.79 Å². The molecule has 0 atom stereocenters. The highest BCUT2D eigenvalue weighted by Crippen LogP contribution is 2.23. The molecule has 4 nitrogen and oxygen atoms in total. The van der Waals surface area contributed by atoms with Gasteiger partial charge in [0.15, 0.2) is 5.13 Å². The van der Waals surface area contributed by atoms with Gasteiger partial charge in [-0.25, -0.2) is 4.98 Å². The molecule has 0 radical (unpaired) electrons. The number of thiophene rings is 1. The molecule has 0 saturated carbocycles. The lowest BCUT2D eigenvalue weighted by Gasteiger charge is -2.04. The maximum Gasteiger partial charge on any atom is 0.269 e. The van der Waals surface area contributed by atoms with Gasteiger partial charge >= 0.3 is 0 Å². The maximum absolute atomic E-state index is 12.3. The fourth-order valence-electron chi connectivity index (χ4n) is 1.74. The first-order valence-corrected chi connectivity index (χ1v) is 7.44. The number of nitrogens with one attached hydrogen (secondary N) is 1. The average molecular weight is 289 g/mol. The summed E-state index contributed by atoms with van der Waals surface area (Å²) in [7, 11) is 0. The van der Waals surface area contributed by atoms with E-state index >= 15 is 0 Å². The minimum absolute atomic E-state index is 0.118. The van der Waals surface area contributed by atoms with Gasteiger partial charge in [0, 0.05) is 17.8 Å². The van der Waals surface area contributed by atoms with Gasteiger partial charge in [0.25, 0.3) is 5.91 Å². The van der Waals surface area contributed by atoms with Crippen molar-refractivity contribution in [1.82, 2.24) is 9.55 Å². The maximum atomic E-state index is 12.3. The number of aromatic nitrogens is 2. The van der Waals surface area contributed by atoms with Gasteiger partial charge in [-0.05, 0) is 30.5 Å². The molecule has 0 unspecified atom stereocenters. The monoisotopic (exact) mass is 289 g/mol. The minimum atomic E-state index is -0.118. The van der Waals surface area contributed by atoms with Crippen molar-refractivity contribution in [1.29, 1.82) is 0 Å². The van der Waals surface area contributed by atoms with Gasteiger partial charge in [-0.2, -0.15) is 0 Å². The summed E-state index contributed by atoms with van der Waals surface area (Å²) in [5.41, 5.74) is 1.80. The number of thiazole rings is 1. The fraction of sp³-hybridized carbons (Fsp3) is 0.0769. The van der Waals surface area contributed by atoms with Crippen LogP contribution in [0.15, 0.2) is 41.4 Å². The molecule has 1 N–H and O–H groups in total. The van der Waals surface area contributed by atoms with Crippen LogP contribution in [0.25, 0.3) is 5.69 Å². The molecule has 96 valence electrons. The minimum Gasteiger partial charge on any atom is -0.322 e. The van der Waals surface area contributed by atoms with E-state index < -0.39 is 0 Å². The third kappa shape index (κ3) is 2.45. The molecule has 1 amide bonds. The molecule has 0 fully saturated rings. The van der Waals surface area contributed by atoms with Crippen molar-refractivity contribution in [3.8, 4) is 5.69 Å². The highest BCUT2D eigenvalue weighted by Gasteiger charge is 2.15. The van der Waals surface area contributed by atoms with Gasteiger partial charge in [-0.1, -0.05) is 0 Å². The summed E-state index contributed by atoms with van der Waals surface area (Å²) in [5.74, 6) is -0.118. The third-order valence-corrected chi connectivity index (χ3v) is 4.35. The van der Waals surface area contributed by atoms with Crippen molar-refractivity contribution in [2.45, 2.75) is 6.92 Å². The normalized spacial score (nSPS) is 10.6. The molecule has 0 aliphatic carbocycles. The quantitative estimate of drug-likeness (QED) is 0.801. The molecule has 0 aliphatic heterocycles. The molecule has 3 aromatic heterocycles. The number of anilines is 1. The molecule has 3 aromatic rings. The molecule has 6 heteroatoms. The number of aryl methyl sites for hydroxylation is 1. The number of hydrogen-bond donors (Lipinski definition) is 1. The van der Waals surface area contributed by atoms with E-state index in [1.165, 1.54) is 22.7 Å². The van der Waals surface area contributed by atoms with Crippen molar-refractivity contribution in [3.05, 3.63) is 51.9 Å². The summed E-state index contributed by atoms with van der Waals surface area (Å²) >= 11 is 2.86. The van der Waals surface area contributed by atoms with E-state index in [0.717, 1.165) is 11.4 Å². The van der Waals surface area contributed by atoms with Gasteiger partial charge in [-0.3, -0.25) is 10.1 Å². The number of hydrogen-bond acceptors (Lipinski definition) is 4. The number of amides is 1. The molecular formula is C13H11N3OS2. The van der Waals surface area contributed by atoms with E-state index in [1.807, 2.05) is 52.8 Å². The first kappa shape index (κ1) is 12.1. The summed E-state index contributed by atoms with van der Waals surface area (Å²) in [6.45, 7) is 1.91.